The molecule has 0 aliphatic carbocycles. The fraction of sp³-hybridized carbons (Fsp3) is 0.111. The highest BCUT2D eigenvalue weighted by molar-refractivity contribution is 5.89. The van der Waals surface area contributed by atoms with Crippen molar-refractivity contribution < 1.29 is 19.1 Å². The molecule has 0 saturated carbocycles. The molecule has 0 N–H and O–H groups in total. The normalized spacial score (nSPS) is 10.2. The molecule has 3 aromatic rings. The number of esters is 2. The lowest BCUT2D eigenvalue weighted by molar-refractivity contribution is -0.140. The van der Waals surface area contributed by atoms with Crippen molar-refractivity contribution in [3.05, 3.63) is 109 Å². The Morgan fingerprint density at radius 2 is 1.22 bits per heavy atom. The Morgan fingerprint density at radius 1 is 0.719 bits per heavy atom. The van der Waals surface area contributed by atoms with Crippen LogP contribution in [0.1, 0.15) is 19.4 Å². The smallest absolute Gasteiger partial charge is 0.338 e. The topological polar surface area (TPSA) is 55.8 Å². The van der Waals surface area contributed by atoms with E-state index in [9.17, 15) is 9.59 Å². The van der Waals surface area contributed by atoms with E-state index in [0.29, 0.717) is 16.9 Å². The number of benzene rings is 3. The molecule has 5 nitrogen and oxygen atoms in total. The summed E-state index contributed by atoms with van der Waals surface area (Å²) in [6.45, 7) is 10.6. The van der Waals surface area contributed by atoms with Crippen molar-refractivity contribution in [2.45, 2.75) is 20.5 Å². The SMILES string of the molecule is C=C(C)C(=O)OCc1ccc(N(c2ccccc2)c2ccc(OC(=O)C(=C)C)cc2)cc1. The molecule has 162 valence electrons. The molecule has 0 spiro atoms. The highest BCUT2D eigenvalue weighted by atomic mass is 16.5. The maximum absolute atomic E-state index is 11.8. The summed E-state index contributed by atoms with van der Waals surface area (Å²) in [5.41, 5.74) is 4.38. The van der Waals surface area contributed by atoms with Gasteiger partial charge in [-0.3, -0.25) is 0 Å². The third-order valence-electron chi connectivity index (χ3n) is 4.58. The number of carbonyl (C=O) groups is 2. The van der Waals surface area contributed by atoms with Crippen LogP contribution in [-0.2, 0) is 20.9 Å². The van der Waals surface area contributed by atoms with Crippen molar-refractivity contribution in [2.75, 3.05) is 4.90 Å². The van der Waals surface area contributed by atoms with Gasteiger partial charge in [-0.2, -0.15) is 0 Å². The summed E-state index contributed by atoms with van der Waals surface area (Å²) < 4.78 is 10.5. The van der Waals surface area contributed by atoms with Crippen LogP contribution in [0.2, 0.25) is 0 Å². The summed E-state index contributed by atoms with van der Waals surface area (Å²) in [6.07, 6.45) is 0. The molecule has 0 aliphatic heterocycles. The van der Waals surface area contributed by atoms with Crippen LogP contribution in [0.25, 0.3) is 0 Å². The highest BCUT2D eigenvalue weighted by Gasteiger charge is 2.13. The maximum atomic E-state index is 11.8. The molecule has 0 aromatic heterocycles. The van der Waals surface area contributed by atoms with Crippen molar-refractivity contribution in [2.24, 2.45) is 0 Å². The average Bonchev–Trinajstić information content (AvgIpc) is 2.80. The van der Waals surface area contributed by atoms with Gasteiger partial charge in [0, 0.05) is 28.2 Å². The van der Waals surface area contributed by atoms with E-state index in [0.717, 1.165) is 22.6 Å². The lowest BCUT2D eigenvalue weighted by Crippen LogP contribution is -2.11. The third kappa shape index (κ3) is 5.73. The largest absolute Gasteiger partial charge is 0.457 e. The fourth-order valence-corrected chi connectivity index (χ4v) is 2.90. The van der Waals surface area contributed by atoms with Crippen LogP contribution in [0.5, 0.6) is 5.75 Å². The van der Waals surface area contributed by atoms with E-state index in [-0.39, 0.29) is 6.61 Å². The lowest BCUT2D eigenvalue weighted by Gasteiger charge is -2.25. The molecule has 5 heteroatoms. The molecule has 0 bridgehead atoms. The van der Waals surface area contributed by atoms with Gasteiger partial charge in [-0.25, -0.2) is 9.59 Å². The quantitative estimate of drug-likeness (QED) is 0.241. The summed E-state index contributed by atoms with van der Waals surface area (Å²) >= 11 is 0. The number of carbonyl (C=O) groups excluding carboxylic acids is 2. The number of hydrogen-bond acceptors (Lipinski definition) is 5. The first-order chi connectivity index (χ1) is 15.3. The number of hydrogen-bond donors (Lipinski definition) is 0. The Hall–Kier alpha value is -4.12. The predicted molar refractivity (Wildman–Crippen MR) is 126 cm³/mol. The van der Waals surface area contributed by atoms with Crippen molar-refractivity contribution in [1.29, 1.82) is 0 Å². The van der Waals surface area contributed by atoms with E-state index in [1.165, 1.54) is 0 Å². The van der Waals surface area contributed by atoms with Gasteiger partial charge >= 0.3 is 11.9 Å². The maximum Gasteiger partial charge on any atom is 0.338 e. The second-order valence-corrected chi connectivity index (χ2v) is 7.36. The molecule has 0 amide bonds. The van der Waals surface area contributed by atoms with Gasteiger partial charge in [0.15, 0.2) is 0 Å². The monoisotopic (exact) mass is 427 g/mol. The van der Waals surface area contributed by atoms with E-state index < -0.39 is 11.9 Å². The average molecular weight is 428 g/mol. The number of ether oxygens (including phenoxy) is 2. The molecule has 0 saturated heterocycles. The third-order valence-corrected chi connectivity index (χ3v) is 4.58. The zero-order valence-electron chi connectivity index (χ0n) is 18.2. The second-order valence-electron chi connectivity index (χ2n) is 7.36. The molecule has 0 fully saturated rings. The number of anilines is 3. The lowest BCUT2D eigenvalue weighted by atomic mass is 10.1. The van der Waals surface area contributed by atoms with E-state index in [1.807, 2.05) is 66.7 Å². The first-order valence-corrected chi connectivity index (χ1v) is 10.1. The molecule has 3 rings (SSSR count). The van der Waals surface area contributed by atoms with E-state index >= 15 is 0 Å². The van der Waals surface area contributed by atoms with Crippen LogP contribution in [0.15, 0.2) is 103 Å². The van der Waals surface area contributed by atoms with Crippen LogP contribution in [-0.4, -0.2) is 11.9 Å². The van der Waals surface area contributed by atoms with E-state index in [1.54, 1.807) is 26.0 Å². The van der Waals surface area contributed by atoms with Gasteiger partial charge < -0.3 is 14.4 Å². The molecule has 0 heterocycles. The molecule has 0 aliphatic rings. The minimum Gasteiger partial charge on any atom is -0.457 e. The van der Waals surface area contributed by atoms with Crippen LogP contribution < -0.4 is 9.64 Å². The molecule has 0 radical (unpaired) electrons. The summed E-state index contributed by atoms with van der Waals surface area (Å²) in [5.74, 6) is -0.419. The Morgan fingerprint density at radius 3 is 1.75 bits per heavy atom. The van der Waals surface area contributed by atoms with Crippen LogP contribution in [0.4, 0.5) is 17.1 Å². The van der Waals surface area contributed by atoms with Crippen LogP contribution in [0.3, 0.4) is 0 Å². The van der Waals surface area contributed by atoms with Gasteiger partial charge in [0.05, 0.1) is 0 Å². The Bertz CT molecular complexity index is 1120. The second kappa shape index (κ2) is 10.3. The van der Waals surface area contributed by atoms with Crippen molar-refractivity contribution in [3.63, 3.8) is 0 Å². The number of para-hydroxylation sites is 1. The molecular formula is C27H25NO4. The summed E-state index contributed by atoms with van der Waals surface area (Å²) in [4.78, 5) is 25.5. The zero-order chi connectivity index (χ0) is 23.1. The standard InChI is InChI=1S/C27H25NO4/c1-19(2)26(29)31-18-21-10-12-23(13-11-21)28(22-8-6-5-7-9-22)24-14-16-25(17-15-24)32-27(30)20(3)4/h5-17H,1,3,18H2,2,4H3. The van der Waals surface area contributed by atoms with Gasteiger partial charge in [-0.1, -0.05) is 43.5 Å². The van der Waals surface area contributed by atoms with Gasteiger partial charge in [-0.15, -0.1) is 0 Å². The predicted octanol–water partition coefficient (Wildman–Crippen LogP) is 6.26. The van der Waals surface area contributed by atoms with Crippen LogP contribution >= 0.6 is 0 Å². The summed E-state index contributed by atoms with van der Waals surface area (Å²) in [7, 11) is 0. The highest BCUT2D eigenvalue weighted by Crippen LogP contribution is 2.35. The fourth-order valence-electron chi connectivity index (χ4n) is 2.90. The molecule has 0 unspecified atom stereocenters. The zero-order valence-corrected chi connectivity index (χ0v) is 18.2. The van der Waals surface area contributed by atoms with Gasteiger partial charge in [0.1, 0.15) is 12.4 Å². The minimum absolute atomic E-state index is 0.181. The van der Waals surface area contributed by atoms with Gasteiger partial charge in [0.2, 0.25) is 0 Å². The van der Waals surface area contributed by atoms with E-state index in [2.05, 4.69) is 18.1 Å². The van der Waals surface area contributed by atoms with Crippen molar-refractivity contribution >= 4 is 29.0 Å². The van der Waals surface area contributed by atoms with Crippen LogP contribution in [0, 0.1) is 0 Å². The van der Waals surface area contributed by atoms with Gasteiger partial charge in [0.25, 0.3) is 0 Å². The minimum atomic E-state index is -0.458. The van der Waals surface area contributed by atoms with Gasteiger partial charge in [-0.05, 0) is 67.9 Å². The summed E-state index contributed by atoms with van der Waals surface area (Å²) in [6, 6.07) is 24.9. The Labute approximate surface area is 188 Å². The van der Waals surface area contributed by atoms with Crippen molar-refractivity contribution in [1.82, 2.24) is 0 Å². The molecule has 32 heavy (non-hydrogen) atoms. The number of rotatable bonds is 8. The molecular weight excluding hydrogens is 402 g/mol. The Balaban J connectivity index is 1.86. The summed E-state index contributed by atoms with van der Waals surface area (Å²) in [5, 5.41) is 0. The van der Waals surface area contributed by atoms with Crippen molar-refractivity contribution in [3.8, 4) is 5.75 Å². The molecule has 3 aromatic carbocycles. The first-order valence-electron chi connectivity index (χ1n) is 10.1. The number of nitrogens with zero attached hydrogens (tertiary/aromatic N) is 1. The van der Waals surface area contributed by atoms with E-state index in [4.69, 9.17) is 9.47 Å². The molecule has 0 atom stereocenters. The Kier molecular flexibility index (Phi) is 7.24. The first kappa shape index (κ1) is 22.6.